The van der Waals surface area contributed by atoms with Crippen molar-refractivity contribution < 1.29 is 18.7 Å². The van der Waals surface area contributed by atoms with Crippen molar-refractivity contribution in [3.63, 3.8) is 0 Å². The fourth-order valence-corrected chi connectivity index (χ4v) is 5.26. The number of rotatable bonds is 20. The lowest BCUT2D eigenvalue weighted by Gasteiger charge is -2.15. The molecule has 214 valence electrons. The van der Waals surface area contributed by atoms with Gasteiger partial charge in [0, 0.05) is 24.5 Å². The van der Waals surface area contributed by atoms with Gasteiger partial charge in [-0.05, 0) is 41.7 Å². The van der Waals surface area contributed by atoms with Crippen LogP contribution in [0, 0.1) is 5.82 Å². The lowest BCUT2D eigenvalue weighted by Crippen LogP contribution is -2.20. The van der Waals surface area contributed by atoms with E-state index in [4.69, 9.17) is 9.47 Å². The Balaban J connectivity index is 1.25. The molecule has 0 saturated carbocycles. The number of amides is 1. The van der Waals surface area contributed by atoms with Gasteiger partial charge in [0.05, 0.1) is 12.5 Å². The second-order valence-corrected chi connectivity index (χ2v) is 11.1. The maximum Gasteiger partial charge on any atom is 0.262 e. The average molecular weight is 557 g/mol. The zero-order valence-electron chi connectivity index (χ0n) is 23.5. The van der Waals surface area contributed by atoms with Crippen molar-refractivity contribution in [2.24, 2.45) is 0 Å². The molecule has 1 aliphatic rings. The number of unbranched alkanes of at least 4 members (excludes halogenated alkanes) is 11. The first-order chi connectivity index (χ1) is 19.1. The van der Waals surface area contributed by atoms with Gasteiger partial charge >= 0.3 is 0 Å². The van der Waals surface area contributed by atoms with E-state index in [2.05, 4.69) is 28.7 Å². The molecule has 1 N–H and O–H groups in total. The third kappa shape index (κ3) is 12.8. The van der Waals surface area contributed by atoms with E-state index in [0.29, 0.717) is 18.0 Å². The number of benzene rings is 2. The van der Waals surface area contributed by atoms with Crippen molar-refractivity contribution in [2.75, 3.05) is 24.4 Å². The Kier molecular flexibility index (Phi) is 14.7. The smallest absolute Gasteiger partial charge is 0.262 e. The number of anilines is 1. The van der Waals surface area contributed by atoms with Crippen LogP contribution in [0.25, 0.3) is 0 Å². The van der Waals surface area contributed by atoms with Crippen LogP contribution in [-0.4, -0.2) is 29.9 Å². The highest BCUT2D eigenvalue weighted by molar-refractivity contribution is 8.02. The Morgan fingerprint density at radius 3 is 2.31 bits per heavy atom. The Morgan fingerprint density at radius 1 is 0.923 bits per heavy atom. The molecule has 39 heavy (non-hydrogen) atoms. The third-order valence-corrected chi connectivity index (χ3v) is 7.53. The maximum absolute atomic E-state index is 14.5. The molecule has 0 spiro atoms. The molecular weight excluding hydrogens is 511 g/mol. The van der Waals surface area contributed by atoms with Gasteiger partial charge in [0.1, 0.15) is 5.75 Å². The number of hydrogen-bond donors (Lipinski definition) is 1. The number of hydrogen-bond acceptors (Lipinski definition) is 5. The SMILES string of the molecule is CCCCCCCCCCCCCCOc1ccc(OCC(=O)Nc2cccc(CN3C=CSC3)c2)cc1F. The van der Waals surface area contributed by atoms with Crippen LogP contribution >= 0.6 is 11.8 Å². The molecular formula is C32H45FN2O3S. The molecule has 0 bridgehead atoms. The van der Waals surface area contributed by atoms with E-state index in [9.17, 15) is 9.18 Å². The average Bonchev–Trinajstić information content (AvgIpc) is 3.44. The van der Waals surface area contributed by atoms with Gasteiger partial charge in [-0.25, -0.2) is 4.39 Å². The molecule has 1 amide bonds. The molecule has 1 heterocycles. The molecule has 0 saturated heterocycles. The van der Waals surface area contributed by atoms with E-state index in [1.54, 1.807) is 23.9 Å². The molecule has 2 aromatic rings. The summed E-state index contributed by atoms with van der Waals surface area (Å²) in [5, 5.41) is 4.92. The van der Waals surface area contributed by atoms with Crippen molar-refractivity contribution in [1.29, 1.82) is 0 Å². The van der Waals surface area contributed by atoms with Crippen LogP contribution < -0.4 is 14.8 Å². The summed E-state index contributed by atoms with van der Waals surface area (Å²) in [6.45, 7) is 3.35. The Labute approximate surface area is 238 Å². The summed E-state index contributed by atoms with van der Waals surface area (Å²) >= 11 is 1.76. The number of ether oxygens (including phenoxy) is 2. The number of nitrogens with one attached hydrogen (secondary N) is 1. The Morgan fingerprint density at radius 2 is 1.64 bits per heavy atom. The van der Waals surface area contributed by atoms with Gasteiger partial charge in [0.15, 0.2) is 18.2 Å². The molecule has 3 rings (SSSR count). The molecule has 0 atom stereocenters. The second-order valence-electron chi connectivity index (χ2n) is 10.2. The molecule has 7 heteroatoms. The largest absolute Gasteiger partial charge is 0.491 e. The van der Waals surface area contributed by atoms with Crippen molar-refractivity contribution in [2.45, 2.75) is 90.5 Å². The van der Waals surface area contributed by atoms with Crippen molar-refractivity contribution in [1.82, 2.24) is 4.90 Å². The number of carbonyl (C=O) groups is 1. The van der Waals surface area contributed by atoms with Gasteiger partial charge in [-0.15, -0.1) is 11.8 Å². The highest BCUT2D eigenvalue weighted by Gasteiger charge is 2.10. The topological polar surface area (TPSA) is 50.8 Å². The summed E-state index contributed by atoms with van der Waals surface area (Å²) in [4.78, 5) is 14.6. The van der Waals surface area contributed by atoms with Crippen LogP contribution in [0.3, 0.4) is 0 Å². The molecule has 0 aromatic heterocycles. The molecule has 0 unspecified atom stereocenters. The first kappa shape index (κ1) is 30.9. The van der Waals surface area contributed by atoms with Crippen LogP contribution in [0.2, 0.25) is 0 Å². The molecule has 0 fully saturated rings. The minimum absolute atomic E-state index is 0.200. The van der Waals surface area contributed by atoms with E-state index in [1.165, 1.54) is 70.3 Å². The highest BCUT2D eigenvalue weighted by Crippen LogP contribution is 2.24. The van der Waals surface area contributed by atoms with Crippen LogP contribution in [0.15, 0.2) is 54.1 Å². The number of carbonyl (C=O) groups excluding carboxylic acids is 1. The normalized spacial score (nSPS) is 12.6. The van der Waals surface area contributed by atoms with Crippen LogP contribution in [-0.2, 0) is 11.3 Å². The number of nitrogens with zero attached hydrogens (tertiary/aromatic N) is 1. The van der Waals surface area contributed by atoms with Gasteiger partial charge in [-0.2, -0.15) is 0 Å². The van der Waals surface area contributed by atoms with Gasteiger partial charge in [-0.3, -0.25) is 4.79 Å². The minimum Gasteiger partial charge on any atom is -0.491 e. The van der Waals surface area contributed by atoms with E-state index in [1.807, 2.05) is 24.3 Å². The lowest BCUT2D eigenvalue weighted by atomic mass is 10.1. The van der Waals surface area contributed by atoms with Crippen LogP contribution in [0.4, 0.5) is 10.1 Å². The summed E-state index contributed by atoms with van der Waals surface area (Å²) in [6, 6.07) is 12.2. The summed E-state index contributed by atoms with van der Waals surface area (Å²) in [7, 11) is 0. The van der Waals surface area contributed by atoms with Gasteiger partial charge in [0.2, 0.25) is 0 Å². The van der Waals surface area contributed by atoms with Gasteiger partial charge in [-0.1, -0.05) is 89.7 Å². The standard InChI is InChI=1S/C32H45FN2O3S/c1-2-3-4-5-6-7-8-9-10-11-12-13-20-37-31-18-17-29(23-30(31)33)38-25-32(36)34-28-16-14-15-27(22-28)24-35-19-21-39-26-35/h14-19,21-23H,2-13,20,24-26H2,1H3,(H,34,36). The molecule has 2 aromatic carbocycles. The summed E-state index contributed by atoms with van der Waals surface area (Å²) in [5.41, 5.74) is 1.83. The maximum atomic E-state index is 14.5. The second kappa shape index (κ2) is 18.6. The fourth-order valence-electron chi connectivity index (χ4n) is 4.55. The summed E-state index contributed by atoms with van der Waals surface area (Å²) in [6.07, 6.45) is 17.4. The molecule has 1 aliphatic heterocycles. The van der Waals surface area contributed by atoms with Crippen molar-refractivity contribution >= 4 is 23.4 Å². The van der Waals surface area contributed by atoms with Gasteiger partial charge < -0.3 is 19.7 Å². The van der Waals surface area contributed by atoms with E-state index in [-0.39, 0.29) is 18.3 Å². The zero-order chi connectivity index (χ0) is 27.5. The van der Waals surface area contributed by atoms with Crippen molar-refractivity contribution in [3.05, 3.63) is 65.5 Å². The first-order valence-electron chi connectivity index (χ1n) is 14.6. The quantitative estimate of drug-likeness (QED) is 0.165. The Bertz CT molecular complexity index is 1020. The highest BCUT2D eigenvalue weighted by atomic mass is 32.2. The van der Waals surface area contributed by atoms with E-state index >= 15 is 0 Å². The van der Waals surface area contributed by atoms with Crippen LogP contribution in [0.5, 0.6) is 11.5 Å². The molecule has 0 aliphatic carbocycles. The van der Waals surface area contributed by atoms with Crippen LogP contribution in [0.1, 0.15) is 89.5 Å². The fraction of sp³-hybridized carbons (Fsp3) is 0.531. The minimum atomic E-state index is -0.478. The number of halogens is 1. The lowest BCUT2D eigenvalue weighted by molar-refractivity contribution is -0.118. The van der Waals surface area contributed by atoms with E-state index < -0.39 is 5.82 Å². The predicted octanol–water partition coefficient (Wildman–Crippen LogP) is 8.90. The third-order valence-electron chi connectivity index (χ3n) is 6.73. The Hall–Kier alpha value is -2.67. The monoisotopic (exact) mass is 556 g/mol. The summed E-state index contributed by atoms with van der Waals surface area (Å²) in [5.74, 6) is 0.681. The molecule has 0 radical (unpaired) electrons. The number of thioether (sulfide) groups is 1. The molecule has 5 nitrogen and oxygen atoms in total. The van der Waals surface area contributed by atoms with E-state index in [0.717, 1.165) is 30.8 Å². The zero-order valence-corrected chi connectivity index (χ0v) is 24.3. The predicted molar refractivity (Wildman–Crippen MR) is 161 cm³/mol. The first-order valence-corrected chi connectivity index (χ1v) is 15.6. The van der Waals surface area contributed by atoms with Crippen molar-refractivity contribution in [3.8, 4) is 11.5 Å². The summed E-state index contributed by atoms with van der Waals surface area (Å²) < 4.78 is 25.6. The van der Waals surface area contributed by atoms with Gasteiger partial charge in [0.25, 0.3) is 5.91 Å².